The summed E-state index contributed by atoms with van der Waals surface area (Å²) in [5.41, 5.74) is 0.827. The number of hydrogen-bond acceptors (Lipinski definition) is 5. The van der Waals surface area contributed by atoms with Gasteiger partial charge in [0.25, 0.3) is 0 Å². The zero-order valence-corrected chi connectivity index (χ0v) is 9.01. The summed E-state index contributed by atoms with van der Waals surface area (Å²) in [6.45, 7) is 3.90. The number of carbonyl (C=O) groups is 1. The summed E-state index contributed by atoms with van der Waals surface area (Å²) in [6, 6.07) is 0.162. The first-order valence-electron chi connectivity index (χ1n) is 4.90. The Labute approximate surface area is 92.0 Å². The Morgan fingerprint density at radius 1 is 1.44 bits per heavy atom. The topological polar surface area (TPSA) is 79.5 Å². The molecule has 0 spiro atoms. The molecule has 0 amide bonds. The van der Waals surface area contributed by atoms with Crippen molar-refractivity contribution in [1.82, 2.24) is 14.4 Å². The number of nitrogens with zero attached hydrogens (tertiary/aromatic N) is 3. The Bertz CT molecular complexity index is 533. The third-order valence-corrected chi connectivity index (χ3v) is 1.99. The van der Waals surface area contributed by atoms with Crippen LogP contribution in [0.5, 0.6) is 5.88 Å². The van der Waals surface area contributed by atoms with E-state index in [1.54, 1.807) is 4.40 Å². The molecule has 0 fully saturated rings. The second kappa shape index (κ2) is 3.80. The average molecular weight is 220 g/mol. The molecular weight excluding hydrogens is 208 g/mol. The van der Waals surface area contributed by atoms with Crippen LogP contribution in [0.25, 0.3) is 5.65 Å². The van der Waals surface area contributed by atoms with Gasteiger partial charge in [0, 0.05) is 12.2 Å². The van der Waals surface area contributed by atoms with Gasteiger partial charge in [0.2, 0.25) is 5.88 Å². The van der Waals surface area contributed by atoms with Gasteiger partial charge in [-0.05, 0) is 13.8 Å². The van der Waals surface area contributed by atoms with Gasteiger partial charge in [0.1, 0.15) is 5.69 Å². The summed E-state index contributed by atoms with van der Waals surface area (Å²) >= 11 is 0. The molecule has 0 aliphatic carbocycles. The molecule has 0 aromatic carbocycles. The molecule has 2 rings (SSSR count). The van der Waals surface area contributed by atoms with Crippen molar-refractivity contribution in [3.63, 3.8) is 0 Å². The molecule has 2 N–H and O–H groups in total. The van der Waals surface area contributed by atoms with Crippen molar-refractivity contribution in [2.45, 2.75) is 19.9 Å². The zero-order chi connectivity index (χ0) is 11.7. The second-order valence-electron chi connectivity index (χ2n) is 3.76. The Balaban J connectivity index is 2.61. The maximum absolute atomic E-state index is 10.6. The third-order valence-electron chi connectivity index (χ3n) is 1.99. The number of aldehydes is 1. The van der Waals surface area contributed by atoms with Gasteiger partial charge in [-0.1, -0.05) is 0 Å². The van der Waals surface area contributed by atoms with E-state index >= 15 is 0 Å². The molecule has 2 aromatic rings. The van der Waals surface area contributed by atoms with Crippen LogP contribution in [-0.2, 0) is 0 Å². The number of carbonyl (C=O) groups excluding carboxylic acids is 1. The molecule has 2 aromatic heterocycles. The maximum Gasteiger partial charge on any atom is 0.230 e. The lowest BCUT2D eigenvalue weighted by molar-refractivity contribution is 0.111. The highest BCUT2D eigenvalue weighted by molar-refractivity contribution is 5.76. The quantitative estimate of drug-likeness (QED) is 0.756. The van der Waals surface area contributed by atoms with Crippen LogP contribution in [0.3, 0.4) is 0 Å². The number of nitrogens with one attached hydrogen (secondary N) is 1. The lowest BCUT2D eigenvalue weighted by Crippen LogP contribution is -2.12. The summed E-state index contributed by atoms with van der Waals surface area (Å²) in [7, 11) is 0. The largest absolute Gasteiger partial charge is 0.492 e. The minimum atomic E-state index is -0.120. The van der Waals surface area contributed by atoms with Crippen LogP contribution in [-0.4, -0.2) is 31.8 Å². The number of fused-ring (bicyclic) bond motifs is 1. The van der Waals surface area contributed by atoms with Gasteiger partial charge in [0.15, 0.2) is 17.8 Å². The SMILES string of the molecule is CC(C)Nc1nc(O)cn2cc(C=O)nc12. The number of hydrogen-bond donors (Lipinski definition) is 2. The number of anilines is 1. The lowest BCUT2D eigenvalue weighted by atomic mass is 10.4. The zero-order valence-electron chi connectivity index (χ0n) is 9.01. The van der Waals surface area contributed by atoms with Crippen molar-refractivity contribution < 1.29 is 9.90 Å². The Hall–Kier alpha value is -2.11. The van der Waals surface area contributed by atoms with E-state index in [9.17, 15) is 9.90 Å². The molecule has 84 valence electrons. The van der Waals surface area contributed by atoms with E-state index in [1.807, 2.05) is 13.8 Å². The fraction of sp³-hybridized carbons (Fsp3) is 0.300. The normalized spacial score (nSPS) is 10.9. The van der Waals surface area contributed by atoms with Crippen LogP contribution >= 0.6 is 0 Å². The highest BCUT2D eigenvalue weighted by atomic mass is 16.3. The van der Waals surface area contributed by atoms with Crippen LogP contribution in [0.2, 0.25) is 0 Å². The van der Waals surface area contributed by atoms with Gasteiger partial charge in [0.05, 0.1) is 6.20 Å². The van der Waals surface area contributed by atoms with Crippen molar-refractivity contribution in [1.29, 1.82) is 0 Å². The van der Waals surface area contributed by atoms with Crippen LogP contribution < -0.4 is 5.32 Å². The molecule has 0 unspecified atom stereocenters. The molecule has 0 saturated carbocycles. The molecule has 0 radical (unpaired) electrons. The Morgan fingerprint density at radius 3 is 2.81 bits per heavy atom. The minimum absolute atomic E-state index is 0.120. The van der Waals surface area contributed by atoms with Crippen molar-refractivity contribution in [3.05, 3.63) is 18.1 Å². The van der Waals surface area contributed by atoms with E-state index < -0.39 is 0 Å². The first-order chi connectivity index (χ1) is 7.60. The van der Waals surface area contributed by atoms with E-state index in [1.165, 1.54) is 12.4 Å². The highest BCUT2D eigenvalue weighted by Gasteiger charge is 2.10. The number of aromatic hydroxyl groups is 1. The molecule has 6 nitrogen and oxygen atoms in total. The molecule has 16 heavy (non-hydrogen) atoms. The van der Waals surface area contributed by atoms with Gasteiger partial charge < -0.3 is 10.4 Å². The van der Waals surface area contributed by atoms with Gasteiger partial charge in [-0.3, -0.25) is 9.20 Å². The lowest BCUT2D eigenvalue weighted by Gasteiger charge is -2.09. The van der Waals surface area contributed by atoms with Crippen LogP contribution in [0.4, 0.5) is 5.82 Å². The van der Waals surface area contributed by atoms with E-state index in [0.717, 1.165) is 0 Å². The van der Waals surface area contributed by atoms with E-state index in [2.05, 4.69) is 15.3 Å². The standard InChI is InChI=1S/C10H12N4O2/c1-6(2)11-9-10-12-7(5-15)3-14(10)4-8(16)13-9/h3-6,16H,1-2H3,(H,11,13). The molecule has 0 saturated heterocycles. The molecule has 0 atom stereocenters. The van der Waals surface area contributed by atoms with E-state index in [0.29, 0.717) is 23.4 Å². The average Bonchev–Trinajstić information content (AvgIpc) is 2.59. The summed E-state index contributed by atoms with van der Waals surface area (Å²) in [5, 5.41) is 12.5. The predicted octanol–water partition coefficient (Wildman–Crippen LogP) is 1.07. The summed E-state index contributed by atoms with van der Waals surface area (Å²) in [6.07, 6.45) is 3.60. The summed E-state index contributed by atoms with van der Waals surface area (Å²) < 4.78 is 1.57. The van der Waals surface area contributed by atoms with E-state index in [-0.39, 0.29) is 11.9 Å². The molecule has 0 aliphatic heterocycles. The fourth-order valence-electron chi connectivity index (χ4n) is 1.43. The fourth-order valence-corrected chi connectivity index (χ4v) is 1.43. The number of imidazole rings is 1. The molecule has 0 bridgehead atoms. The van der Waals surface area contributed by atoms with Crippen molar-refractivity contribution in [3.8, 4) is 5.88 Å². The van der Waals surface area contributed by atoms with Crippen molar-refractivity contribution >= 4 is 17.8 Å². The maximum atomic E-state index is 10.6. The van der Waals surface area contributed by atoms with Crippen molar-refractivity contribution in [2.75, 3.05) is 5.32 Å². The van der Waals surface area contributed by atoms with Gasteiger partial charge in [-0.25, -0.2) is 4.98 Å². The summed E-state index contributed by atoms with van der Waals surface area (Å²) in [5.74, 6) is 0.341. The Morgan fingerprint density at radius 2 is 2.19 bits per heavy atom. The smallest absolute Gasteiger partial charge is 0.230 e. The van der Waals surface area contributed by atoms with Gasteiger partial charge in [-0.2, -0.15) is 4.98 Å². The minimum Gasteiger partial charge on any atom is -0.492 e. The molecule has 0 aliphatic rings. The molecule has 2 heterocycles. The first-order valence-corrected chi connectivity index (χ1v) is 4.90. The van der Waals surface area contributed by atoms with Crippen LogP contribution in [0.15, 0.2) is 12.4 Å². The van der Waals surface area contributed by atoms with Crippen LogP contribution in [0, 0.1) is 0 Å². The van der Waals surface area contributed by atoms with Crippen LogP contribution in [0.1, 0.15) is 24.3 Å². The second-order valence-corrected chi connectivity index (χ2v) is 3.76. The monoisotopic (exact) mass is 220 g/mol. The first kappa shape index (κ1) is 10.4. The van der Waals surface area contributed by atoms with Gasteiger partial charge in [-0.15, -0.1) is 0 Å². The number of rotatable bonds is 3. The Kier molecular flexibility index (Phi) is 2.47. The molecule has 6 heteroatoms. The third kappa shape index (κ3) is 1.81. The summed E-state index contributed by atoms with van der Waals surface area (Å²) in [4.78, 5) is 18.6. The number of aromatic nitrogens is 3. The predicted molar refractivity (Wildman–Crippen MR) is 58.8 cm³/mol. The van der Waals surface area contributed by atoms with E-state index in [4.69, 9.17) is 0 Å². The molecular formula is C10H12N4O2. The van der Waals surface area contributed by atoms with Gasteiger partial charge >= 0.3 is 0 Å². The highest BCUT2D eigenvalue weighted by Crippen LogP contribution is 2.18. The van der Waals surface area contributed by atoms with Crippen molar-refractivity contribution in [2.24, 2.45) is 0 Å².